The lowest BCUT2D eigenvalue weighted by Crippen LogP contribution is -2.53. The summed E-state index contributed by atoms with van der Waals surface area (Å²) in [6, 6.07) is 21.6. The molecule has 0 unspecified atom stereocenters. The fraction of sp³-hybridized carbons (Fsp3) is 0.355. The lowest BCUT2D eigenvalue weighted by atomic mass is 9.94. The van der Waals surface area contributed by atoms with Gasteiger partial charge in [0, 0.05) is 24.8 Å². The summed E-state index contributed by atoms with van der Waals surface area (Å²) >= 11 is 1.32. The molecule has 0 spiro atoms. The highest BCUT2D eigenvalue weighted by atomic mass is 32.2. The molecule has 0 heterocycles. The third kappa shape index (κ3) is 8.15. The summed E-state index contributed by atoms with van der Waals surface area (Å²) in [5.41, 5.74) is 2.22. The second kappa shape index (κ2) is 14.1. The number of rotatable bonds is 11. The molecule has 1 N–H and O–H groups in total. The van der Waals surface area contributed by atoms with Gasteiger partial charge in [0.05, 0.1) is 5.75 Å². The number of hydrogen-bond acceptors (Lipinski definition) is 3. The van der Waals surface area contributed by atoms with Crippen molar-refractivity contribution in [3.05, 3.63) is 107 Å². The quantitative estimate of drug-likeness (QED) is 0.314. The van der Waals surface area contributed by atoms with E-state index in [9.17, 15) is 18.4 Å². The first kappa shape index (κ1) is 27.8. The molecule has 1 fully saturated rings. The van der Waals surface area contributed by atoms with Crippen molar-refractivity contribution in [3.63, 3.8) is 0 Å². The molecule has 4 rings (SSSR count). The number of nitrogens with zero attached hydrogens (tertiary/aromatic N) is 1. The zero-order valence-corrected chi connectivity index (χ0v) is 22.3. The Bertz CT molecular complexity index is 1180. The number of thioether (sulfide) groups is 1. The maximum absolute atomic E-state index is 14.1. The Morgan fingerprint density at radius 2 is 1.55 bits per heavy atom. The van der Waals surface area contributed by atoms with Gasteiger partial charge in [-0.3, -0.25) is 9.59 Å². The zero-order valence-electron chi connectivity index (χ0n) is 21.5. The highest BCUT2D eigenvalue weighted by Gasteiger charge is 2.31. The molecule has 38 heavy (non-hydrogen) atoms. The van der Waals surface area contributed by atoms with E-state index in [1.807, 2.05) is 30.3 Å². The van der Waals surface area contributed by atoms with Gasteiger partial charge in [0.25, 0.3) is 0 Å². The van der Waals surface area contributed by atoms with Crippen molar-refractivity contribution >= 4 is 23.6 Å². The molecule has 0 bridgehead atoms. The van der Waals surface area contributed by atoms with Crippen molar-refractivity contribution in [1.82, 2.24) is 10.2 Å². The van der Waals surface area contributed by atoms with Crippen molar-refractivity contribution in [3.8, 4) is 0 Å². The molecule has 1 saturated carbocycles. The van der Waals surface area contributed by atoms with Crippen molar-refractivity contribution in [2.24, 2.45) is 0 Å². The number of amides is 2. The monoisotopic (exact) mass is 536 g/mol. The van der Waals surface area contributed by atoms with Gasteiger partial charge >= 0.3 is 0 Å². The maximum atomic E-state index is 14.1. The van der Waals surface area contributed by atoms with Gasteiger partial charge in [0.2, 0.25) is 11.8 Å². The summed E-state index contributed by atoms with van der Waals surface area (Å²) in [7, 11) is 0. The third-order valence-electron chi connectivity index (χ3n) is 6.93. The van der Waals surface area contributed by atoms with E-state index >= 15 is 0 Å². The van der Waals surface area contributed by atoms with Crippen LogP contribution in [0.1, 0.15) is 48.8 Å². The lowest BCUT2D eigenvalue weighted by Gasteiger charge is -2.33. The predicted octanol–water partition coefficient (Wildman–Crippen LogP) is 6.29. The Morgan fingerprint density at radius 3 is 2.26 bits per heavy atom. The van der Waals surface area contributed by atoms with E-state index in [1.165, 1.54) is 36.4 Å². The minimum atomic E-state index is -0.731. The van der Waals surface area contributed by atoms with Crippen LogP contribution in [0.5, 0.6) is 0 Å². The normalized spacial score (nSPS) is 14.6. The molecule has 200 valence electrons. The van der Waals surface area contributed by atoms with E-state index in [1.54, 1.807) is 35.2 Å². The van der Waals surface area contributed by atoms with Gasteiger partial charge in [-0.25, -0.2) is 8.78 Å². The van der Waals surface area contributed by atoms with E-state index in [-0.39, 0.29) is 41.8 Å². The summed E-state index contributed by atoms with van der Waals surface area (Å²) in [6.45, 7) is 0.176. The Balaban J connectivity index is 1.56. The summed E-state index contributed by atoms with van der Waals surface area (Å²) < 4.78 is 27.7. The van der Waals surface area contributed by atoms with E-state index in [2.05, 4.69) is 5.32 Å². The summed E-state index contributed by atoms with van der Waals surface area (Å²) in [5.74, 6) is -0.601. The Morgan fingerprint density at radius 1 is 0.868 bits per heavy atom. The summed E-state index contributed by atoms with van der Waals surface area (Å²) in [4.78, 5) is 29.0. The number of benzene rings is 3. The first-order chi connectivity index (χ1) is 18.5. The SMILES string of the molecule is O=C(NC1CCCCC1)[C@@H](Cc1ccccc1)N(Cc1ccc(F)cc1)C(=O)CSCc1ccccc1F. The van der Waals surface area contributed by atoms with Crippen LogP contribution in [0.15, 0.2) is 78.9 Å². The molecule has 0 aliphatic heterocycles. The number of nitrogens with one attached hydrogen (secondary N) is 1. The fourth-order valence-corrected chi connectivity index (χ4v) is 5.73. The first-order valence-corrected chi connectivity index (χ1v) is 14.3. The Kier molecular flexibility index (Phi) is 10.3. The van der Waals surface area contributed by atoms with Gasteiger partial charge in [0.1, 0.15) is 17.7 Å². The van der Waals surface area contributed by atoms with Crippen LogP contribution in [0.4, 0.5) is 8.78 Å². The molecule has 1 aliphatic carbocycles. The average molecular weight is 537 g/mol. The van der Waals surface area contributed by atoms with Gasteiger partial charge in [-0.15, -0.1) is 11.8 Å². The number of hydrogen-bond donors (Lipinski definition) is 1. The third-order valence-corrected chi connectivity index (χ3v) is 7.90. The second-order valence-corrected chi connectivity index (χ2v) is 10.8. The first-order valence-electron chi connectivity index (χ1n) is 13.2. The lowest BCUT2D eigenvalue weighted by molar-refractivity contribution is -0.139. The minimum absolute atomic E-state index is 0.0948. The summed E-state index contributed by atoms with van der Waals surface area (Å²) in [5, 5.41) is 3.21. The molecule has 2 amide bonds. The standard InChI is InChI=1S/C31H34F2N2O2S/c32-26-17-15-24(16-18-26)20-35(30(36)22-38-21-25-11-7-8-14-28(25)33)29(19-23-9-3-1-4-10-23)31(37)34-27-12-5-2-6-13-27/h1,3-4,7-11,14-18,27,29H,2,5-6,12-13,19-22H2,(H,34,37)/t29-/m1/s1. The van der Waals surface area contributed by atoms with Crippen LogP contribution in [0, 0.1) is 11.6 Å². The molecule has 0 saturated heterocycles. The van der Waals surface area contributed by atoms with Gasteiger partial charge in [-0.05, 0) is 47.7 Å². The van der Waals surface area contributed by atoms with Gasteiger partial charge < -0.3 is 10.2 Å². The molecule has 3 aromatic carbocycles. The van der Waals surface area contributed by atoms with Gasteiger partial charge in [-0.1, -0.05) is 79.9 Å². The highest BCUT2D eigenvalue weighted by Crippen LogP contribution is 2.22. The number of carbonyl (C=O) groups excluding carboxylic acids is 2. The fourth-order valence-electron chi connectivity index (χ4n) is 4.83. The Hall–Kier alpha value is -3.19. The van der Waals surface area contributed by atoms with Crippen molar-refractivity contribution in [2.45, 2.75) is 62.9 Å². The van der Waals surface area contributed by atoms with Crippen molar-refractivity contribution in [1.29, 1.82) is 0 Å². The van der Waals surface area contributed by atoms with Crippen molar-refractivity contribution < 1.29 is 18.4 Å². The van der Waals surface area contributed by atoms with Gasteiger partial charge in [-0.2, -0.15) is 0 Å². The second-order valence-electron chi connectivity index (χ2n) is 9.78. The molecule has 1 atom stereocenters. The summed E-state index contributed by atoms with van der Waals surface area (Å²) in [6.07, 6.45) is 5.58. The molecule has 7 heteroatoms. The average Bonchev–Trinajstić information content (AvgIpc) is 2.94. The smallest absolute Gasteiger partial charge is 0.243 e. The van der Waals surface area contributed by atoms with Crippen molar-refractivity contribution in [2.75, 3.05) is 5.75 Å². The van der Waals surface area contributed by atoms with Crippen LogP contribution < -0.4 is 5.32 Å². The molecular weight excluding hydrogens is 502 g/mol. The van der Waals surface area contributed by atoms with Crippen LogP contribution in [-0.2, 0) is 28.3 Å². The topological polar surface area (TPSA) is 49.4 Å². The van der Waals surface area contributed by atoms with E-state index in [4.69, 9.17) is 0 Å². The number of carbonyl (C=O) groups is 2. The van der Waals surface area contributed by atoms with Crippen LogP contribution in [-0.4, -0.2) is 34.6 Å². The molecule has 0 aromatic heterocycles. The Labute approximate surface area is 227 Å². The van der Waals surface area contributed by atoms with E-state index in [0.29, 0.717) is 17.7 Å². The van der Waals surface area contributed by atoms with Crippen LogP contribution in [0.3, 0.4) is 0 Å². The van der Waals surface area contributed by atoms with E-state index < -0.39 is 6.04 Å². The molecule has 0 radical (unpaired) electrons. The molecular formula is C31H34F2N2O2S. The highest BCUT2D eigenvalue weighted by molar-refractivity contribution is 7.99. The molecule has 3 aromatic rings. The maximum Gasteiger partial charge on any atom is 0.243 e. The van der Waals surface area contributed by atoms with Crippen LogP contribution >= 0.6 is 11.8 Å². The predicted molar refractivity (Wildman–Crippen MR) is 148 cm³/mol. The van der Waals surface area contributed by atoms with Gasteiger partial charge in [0.15, 0.2) is 0 Å². The van der Waals surface area contributed by atoms with Crippen LogP contribution in [0.2, 0.25) is 0 Å². The minimum Gasteiger partial charge on any atom is -0.352 e. The molecule has 4 nitrogen and oxygen atoms in total. The largest absolute Gasteiger partial charge is 0.352 e. The van der Waals surface area contributed by atoms with Crippen LogP contribution in [0.25, 0.3) is 0 Å². The number of halogens is 2. The van der Waals surface area contributed by atoms with E-state index in [0.717, 1.165) is 36.8 Å². The molecule has 1 aliphatic rings. The zero-order chi connectivity index (χ0) is 26.7.